The fourth-order valence-electron chi connectivity index (χ4n) is 1.63. The number of hydrogen-bond acceptors (Lipinski definition) is 4. The van der Waals surface area contributed by atoms with Crippen LogP contribution in [0.25, 0.3) is 0 Å². The Labute approximate surface area is 103 Å². The second-order valence-corrected chi connectivity index (χ2v) is 3.85. The van der Waals surface area contributed by atoms with Crippen molar-refractivity contribution >= 4 is 0 Å². The molecule has 1 aromatic heterocycles. The highest BCUT2D eigenvalue weighted by atomic mass is 16.5. The molecule has 0 saturated heterocycles. The van der Waals surface area contributed by atoms with Gasteiger partial charge < -0.3 is 14.8 Å². The van der Waals surface area contributed by atoms with Crippen molar-refractivity contribution in [3.8, 4) is 5.75 Å². The van der Waals surface area contributed by atoms with E-state index in [-0.39, 0.29) is 6.04 Å². The summed E-state index contributed by atoms with van der Waals surface area (Å²) in [6, 6.07) is 2.19. The molecule has 1 heterocycles. The van der Waals surface area contributed by atoms with Crippen LogP contribution in [0, 0.1) is 0 Å². The summed E-state index contributed by atoms with van der Waals surface area (Å²) < 4.78 is 10.7. The van der Waals surface area contributed by atoms with Crippen molar-refractivity contribution in [3.05, 3.63) is 24.0 Å². The summed E-state index contributed by atoms with van der Waals surface area (Å²) >= 11 is 0. The first kappa shape index (κ1) is 13.9. The van der Waals surface area contributed by atoms with Gasteiger partial charge in [-0.1, -0.05) is 6.92 Å². The first-order chi connectivity index (χ1) is 8.31. The van der Waals surface area contributed by atoms with Crippen LogP contribution in [0.15, 0.2) is 18.5 Å². The molecular formula is C13H22N2O2. The van der Waals surface area contributed by atoms with Crippen LogP contribution in [0.1, 0.15) is 31.9 Å². The van der Waals surface area contributed by atoms with Gasteiger partial charge in [-0.2, -0.15) is 0 Å². The van der Waals surface area contributed by atoms with Gasteiger partial charge in [0.25, 0.3) is 0 Å². The summed E-state index contributed by atoms with van der Waals surface area (Å²) in [6.07, 6.45) is 4.68. The molecule has 0 aliphatic carbocycles. The van der Waals surface area contributed by atoms with Crippen LogP contribution in [-0.4, -0.2) is 31.9 Å². The quantitative estimate of drug-likeness (QED) is 0.753. The van der Waals surface area contributed by atoms with Crippen molar-refractivity contribution in [2.75, 3.05) is 26.9 Å². The Kier molecular flexibility index (Phi) is 6.58. The molecule has 1 aromatic rings. The standard InChI is InChI=1S/C13H22N2O2/c1-4-6-15-13(10-16-3)11-7-12(17-5-2)9-14-8-11/h7-9,13,15H,4-6,10H2,1-3H3. The van der Waals surface area contributed by atoms with Crippen LogP contribution >= 0.6 is 0 Å². The monoisotopic (exact) mass is 238 g/mol. The number of aromatic nitrogens is 1. The van der Waals surface area contributed by atoms with E-state index < -0.39 is 0 Å². The highest BCUT2D eigenvalue weighted by Crippen LogP contribution is 2.18. The third-order valence-electron chi connectivity index (χ3n) is 2.42. The van der Waals surface area contributed by atoms with Gasteiger partial charge >= 0.3 is 0 Å². The minimum Gasteiger partial charge on any atom is -0.492 e. The molecule has 0 amide bonds. The fraction of sp³-hybridized carbons (Fsp3) is 0.615. The lowest BCUT2D eigenvalue weighted by atomic mass is 10.1. The highest BCUT2D eigenvalue weighted by Gasteiger charge is 2.11. The van der Waals surface area contributed by atoms with Gasteiger partial charge in [0, 0.05) is 13.3 Å². The van der Waals surface area contributed by atoms with Gasteiger partial charge in [0.05, 0.1) is 25.5 Å². The smallest absolute Gasteiger partial charge is 0.137 e. The largest absolute Gasteiger partial charge is 0.492 e. The number of hydrogen-bond donors (Lipinski definition) is 1. The maximum atomic E-state index is 5.45. The van der Waals surface area contributed by atoms with Crippen molar-refractivity contribution in [2.24, 2.45) is 0 Å². The average molecular weight is 238 g/mol. The lowest BCUT2D eigenvalue weighted by molar-refractivity contribution is 0.166. The Morgan fingerprint density at radius 1 is 1.35 bits per heavy atom. The van der Waals surface area contributed by atoms with E-state index in [0.29, 0.717) is 13.2 Å². The van der Waals surface area contributed by atoms with Crippen molar-refractivity contribution in [3.63, 3.8) is 0 Å². The van der Waals surface area contributed by atoms with Crippen LogP contribution in [0.5, 0.6) is 5.75 Å². The van der Waals surface area contributed by atoms with E-state index in [1.54, 1.807) is 13.3 Å². The molecule has 4 nitrogen and oxygen atoms in total. The first-order valence-corrected chi connectivity index (χ1v) is 6.11. The normalized spacial score (nSPS) is 12.4. The van der Waals surface area contributed by atoms with Crippen LogP contribution in [0.4, 0.5) is 0 Å². The second kappa shape index (κ2) is 8.03. The van der Waals surface area contributed by atoms with E-state index in [4.69, 9.17) is 9.47 Å². The zero-order valence-electron chi connectivity index (χ0n) is 10.9. The van der Waals surface area contributed by atoms with Gasteiger partial charge in [0.15, 0.2) is 0 Å². The molecule has 0 aromatic carbocycles. The van der Waals surface area contributed by atoms with Crippen LogP contribution < -0.4 is 10.1 Å². The SMILES string of the molecule is CCCNC(COC)c1cncc(OCC)c1. The molecule has 1 N–H and O–H groups in total. The number of rotatable bonds is 8. The zero-order valence-corrected chi connectivity index (χ0v) is 10.9. The predicted molar refractivity (Wildman–Crippen MR) is 68.3 cm³/mol. The maximum Gasteiger partial charge on any atom is 0.137 e. The summed E-state index contributed by atoms with van der Waals surface area (Å²) in [6.45, 7) is 6.37. The van der Waals surface area contributed by atoms with E-state index in [1.165, 1.54) is 0 Å². The predicted octanol–water partition coefficient (Wildman–Crippen LogP) is 2.17. The lowest BCUT2D eigenvalue weighted by Crippen LogP contribution is -2.26. The van der Waals surface area contributed by atoms with Gasteiger partial charge in [0.2, 0.25) is 0 Å². The van der Waals surface area contributed by atoms with E-state index in [2.05, 4.69) is 17.2 Å². The number of pyridine rings is 1. The summed E-state index contributed by atoms with van der Waals surface area (Å²) in [5, 5.41) is 3.44. The van der Waals surface area contributed by atoms with Crippen LogP contribution in [-0.2, 0) is 4.74 Å². The molecule has 1 unspecified atom stereocenters. The number of ether oxygens (including phenoxy) is 2. The van der Waals surface area contributed by atoms with Gasteiger partial charge in [-0.15, -0.1) is 0 Å². The molecule has 1 rings (SSSR count). The molecule has 1 atom stereocenters. The third kappa shape index (κ3) is 4.71. The van der Waals surface area contributed by atoms with E-state index in [1.807, 2.05) is 19.2 Å². The fourth-order valence-corrected chi connectivity index (χ4v) is 1.63. The van der Waals surface area contributed by atoms with Crippen LogP contribution in [0.3, 0.4) is 0 Å². The molecule has 0 saturated carbocycles. The Hall–Kier alpha value is -1.13. The van der Waals surface area contributed by atoms with Gasteiger partial charge in [0.1, 0.15) is 5.75 Å². The van der Waals surface area contributed by atoms with Gasteiger partial charge in [-0.05, 0) is 31.5 Å². The minimum atomic E-state index is 0.174. The third-order valence-corrected chi connectivity index (χ3v) is 2.42. The van der Waals surface area contributed by atoms with Crippen molar-refractivity contribution in [2.45, 2.75) is 26.3 Å². The molecule has 0 aliphatic rings. The topological polar surface area (TPSA) is 43.4 Å². The minimum absolute atomic E-state index is 0.174. The van der Waals surface area contributed by atoms with Crippen molar-refractivity contribution in [1.82, 2.24) is 10.3 Å². The molecular weight excluding hydrogens is 216 g/mol. The van der Waals surface area contributed by atoms with Gasteiger partial charge in [-0.3, -0.25) is 4.98 Å². The molecule has 0 aliphatic heterocycles. The lowest BCUT2D eigenvalue weighted by Gasteiger charge is -2.18. The van der Waals surface area contributed by atoms with Gasteiger partial charge in [-0.25, -0.2) is 0 Å². The zero-order chi connectivity index (χ0) is 12.5. The first-order valence-electron chi connectivity index (χ1n) is 6.11. The summed E-state index contributed by atoms with van der Waals surface area (Å²) in [4.78, 5) is 4.19. The molecule has 0 radical (unpaired) electrons. The molecule has 0 bridgehead atoms. The second-order valence-electron chi connectivity index (χ2n) is 3.85. The summed E-state index contributed by atoms with van der Waals surface area (Å²) in [5.74, 6) is 0.810. The maximum absolute atomic E-state index is 5.45. The van der Waals surface area contributed by atoms with E-state index in [0.717, 1.165) is 24.3 Å². The number of nitrogens with zero attached hydrogens (tertiary/aromatic N) is 1. The highest BCUT2D eigenvalue weighted by molar-refractivity contribution is 5.26. The average Bonchev–Trinajstić information content (AvgIpc) is 2.35. The molecule has 96 valence electrons. The summed E-state index contributed by atoms with van der Waals surface area (Å²) in [7, 11) is 1.71. The number of nitrogens with one attached hydrogen (secondary N) is 1. The Bertz CT molecular complexity index is 318. The Morgan fingerprint density at radius 3 is 2.82 bits per heavy atom. The number of methoxy groups -OCH3 is 1. The van der Waals surface area contributed by atoms with Crippen LogP contribution in [0.2, 0.25) is 0 Å². The van der Waals surface area contributed by atoms with Crippen molar-refractivity contribution in [1.29, 1.82) is 0 Å². The summed E-state index contributed by atoms with van der Waals surface area (Å²) in [5.41, 5.74) is 1.10. The Morgan fingerprint density at radius 2 is 2.18 bits per heavy atom. The molecule has 4 heteroatoms. The van der Waals surface area contributed by atoms with E-state index >= 15 is 0 Å². The Balaban J connectivity index is 2.73. The molecule has 17 heavy (non-hydrogen) atoms. The van der Waals surface area contributed by atoms with Crippen molar-refractivity contribution < 1.29 is 9.47 Å². The van der Waals surface area contributed by atoms with E-state index in [9.17, 15) is 0 Å². The molecule has 0 fully saturated rings. The molecule has 0 spiro atoms.